The fourth-order valence-electron chi connectivity index (χ4n) is 4.75. The zero-order valence-corrected chi connectivity index (χ0v) is 20.5. The van der Waals surface area contributed by atoms with Crippen molar-refractivity contribution in [3.63, 3.8) is 0 Å². The summed E-state index contributed by atoms with van der Waals surface area (Å²) < 4.78 is 5.71. The lowest BCUT2D eigenvalue weighted by atomic mass is 9.69. The summed E-state index contributed by atoms with van der Waals surface area (Å²) in [5, 5.41) is 0.810. The van der Waals surface area contributed by atoms with Crippen LogP contribution in [0.2, 0.25) is 10.0 Å². The van der Waals surface area contributed by atoms with Crippen molar-refractivity contribution in [1.82, 2.24) is 0 Å². The standard InChI is InChI=1S/C27H27Cl2NO3/c1-4-15(2)33-27(32)24-16(3)30-22-13-19(17-8-6-5-7-9-17)14-23(31)26(22)25(24)18-10-11-20(28)21(29)12-18/h5-12,15,19,24-25H,4,13-14H2,1-3H3/t15-,19-,24?,25-/m1/s1. The number of nitrogens with zero attached hydrogens (tertiary/aromatic N) is 1. The van der Waals surface area contributed by atoms with Gasteiger partial charge < -0.3 is 4.74 Å². The molecule has 4 rings (SSSR count). The van der Waals surface area contributed by atoms with Crippen LogP contribution in [0, 0.1) is 5.92 Å². The lowest BCUT2D eigenvalue weighted by Crippen LogP contribution is -2.39. The van der Waals surface area contributed by atoms with Crippen molar-refractivity contribution < 1.29 is 14.3 Å². The number of halogens is 2. The molecule has 2 aromatic carbocycles. The first-order valence-corrected chi connectivity index (χ1v) is 12.1. The normalized spacial score (nSPS) is 23.6. The Morgan fingerprint density at radius 1 is 1.09 bits per heavy atom. The second-order valence-electron chi connectivity index (χ2n) is 8.84. The molecule has 0 fully saturated rings. The number of hydrogen-bond donors (Lipinski definition) is 0. The number of carbonyl (C=O) groups excluding carboxylic acids is 2. The van der Waals surface area contributed by atoms with E-state index in [1.54, 1.807) is 12.1 Å². The van der Waals surface area contributed by atoms with Crippen molar-refractivity contribution in [2.24, 2.45) is 10.9 Å². The highest BCUT2D eigenvalue weighted by molar-refractivity contribution is 6.42. The summed E-state index contributed by atoms with van der Waals surface area (Å²) in [6.45, 7) is 5.67. The van der Waals surface area contributed by atoms with Gasteiger partial charge in [-0.05, 0) is 55.9 Å². The molecule has 0 N–H and O–H groups in total. The van der Waals surface area contributed by atoms with Gasteiger partial charge in [-0.1, -0.05) is 66.5 Å². The molecule has 1 aliphatic heterocycles. The van der Waals surface area contributed by atoms with E-state index in [0.717, 1.165) is 16.8 Å². The topological polar surface area (TPSA) is 55.7 Å². The van der Waals surface area contributed by atoms with Gasteiger partial charge >= 0.3 is 5.97 Å². The van der Waals surface area contributed by atoms with Crippen LogP contribution in [0.3, 0.4) is 0 Å². The van der Waals surface area contributed by atoms with Crippen molar-refractivity contribution in [3.05, 3.63) is 81.0 Å². The van der Waals surface area contributed by atoms with Gasteiger partial charge in [0.1, 0.15) is 5.92 Å². The highest BCUT2D eigenvalue weighted by Gasteiger charge is 2.45. The Kier molecular flexibility index (Phi) is 7.06. The van der Waals surface area contributed by atoms with E-state index >= 15 is 0 Å². The fraction of sp³-hybridized carbons (Fsp3) is 0.370. The molecule has 6 heteroatoms. The van der Waals surface area contributed by atoms with Crippen molar-refractivity contribution >= 4 is 40.7 Å². The van der Waals surface area contributed by atoms with Gasteiger partial charge in [-0.25, -0.2) is 0 Å². The molecule has 2 aromatic rings. The van der Waals surface area contributed by atoms with Crippen LogP contribution in [-0.4, -0.2) is 23.6 Å². The Balaban J connectivity index is 1.80. The number of rotatable bonds is 5. The van der Waals surface area contributed by atoms with Gasteiger partial charge in [-0.15, -0.1) is 0 Å². The Morgan fingerprint density at radius 2 is 1.82 bits per heavy atom. The summed E-state index contributed by atoms with van der Waals surface area (Å²) in [5.41, 5.74) is 3.89. The number of ether oxygens (including phenoxy) is 1. The van der Waals surface area contributed by atoms with E-state index in [4.69, 9.17) is 32.9 Å². The summed E-state index contributed by atoms with van der Waals surface area (Å²) in [6.07, 6.45) is 1.51. The van der Waals surface area contributed by atoms with Gasteiger partial charge in [0.25, 0.3) is 0 Å². The average Bonchev–Trinajstić information content (AvgIpc) is 2.80. The number of Topliss-reactive ketones (excluding diaryl/α,β-unsaturated/α-hetero) is 1. The van der Waals surface area contributed by atoms with E-state index in [2.05, 4.69) is 0 Å². The number of ketones is 1. The SMILES string of the molecule is CC[C@@H](C)OC(=O)C1C(C)=NC2=C(C(=O)C[C@H](c3ccccc3)C2)[C@@H]1c1ccc(Cl)c(Cl)c1. The minimum absolute atomic E-state index is 0.0127. The Labute approximate surface area is 204 Å². The fourth-order valence-corrected chi connectivity index (χ4v) is 5.05. The first-order chi connectivity index (χ1) is 15.8. The molecule has 2 aliphatic rings. The molecule has 0 saturated carbocycles. The molecular weight excluding hydrogens is 457 g/mol. The molecule has 0 bridgehead atoms. The molecule has 1 unspecified atom stereocenters. The smallest absolute Gasteiger partial charge is 0.315 e. The van der Waals surface area contributed by atoms with Crippen molar-refractivity contribution in [3.8, 4) is 0 Å². The lowest BCUT2D eigenvalue weighted by Gasteiger charge is -2.37. The summed E-state index contributed by atoms with van der Waals surface area (Å²) in [5.74, 6) is -1.49. The third kappa shape index (κ3) is 4.78. The zero-order valence-electron chi connectivity index (χ0n) is 19.0. The van der Waals surface area contributed by atoms with Crippen LogP contribution in [0.1, 0.15) is 63.0 Å². The number of benzene rings is 2. The predicted molar refractivity (Wildman–Crippen MR) is 132 cm³/mol. The van der Waals surface area contributed by atoms with E-state index in [9.17, 15) is 9.59 Å². The maximum absolute atomic E-state index is 13.6. The molecule has 33 heavy (non-hydrogen) atoms. The van der Waals surface area contributed by atoms with E-state index in [-0.39, 0.29) is 23.8 Å². The number of aliphatic imine (C=N–C) groups is 1. The average molecular weight is 484 g/mol. The van der Waals surface area contributed by atoms with Crippen molar-refractivity contribution in [2.75, 3.05) is 0 Å². The number of hydrogen-bond acceptors (Lipinski definition) is 4. The molecule has 172 valence electrons. The van der Waals surface area contributed by atoms with Crippen LogP contribution in [-0.2, 0) is 14.3 Å². The maximum atomic E-state index is 13.6. The highest BCUT2D eigenvalue weighted by atomic mass is 35.5. The summed E-state index contributed by atoms with van der Waals surface area (Å²) in [4.78, 5) is 31.6. The van der Waals surface area contributed by atoms with Crippen molar-refractivity contribution in [2.45, 2.75) is 58.0 Å². The summed E-state index contributed by atoms with van der Waals surface area (Å²) in [6, 6.07) is 15.3. The van der Waals surface area contributed by atoms with Gasteiger partial charge in [0.15, 0.2) is 5.78 Å². The van der Waals surface area contributed by atoms with Gasteiger partial charge in [0, 0.05) is 29.3 Å². The number of allylic oxidation sites excluding steroid dienone is 2. The van der Waals surface area contributed by atoms with Gasteiger partial charge in [0.05, 0.1) is 16.1 Å². The molecule has 1 heterocycles. The second-order valence-corrected chi connectivity index (χ2v) is 9.65. The third-order valence-electron chi connectivity index (χ3n) is 6.61. The van der Waals surface area contributed by atoms with Crippen molar-refractivity contribution in [1.29, 1.82) is 0 Å². The predicted octanol–water partition coefficient (Wildman–Crippen LogP) is 6.91. The van der Waals surface area contributed by atoms with E-state index in [1.165, 1.54) is 0 Å². The van der Waals surface area contributed by atoms with E-state index in [1.807, 2.05) is 57.2 Å². The Hall–Kier alpha value is -2.43. The minimum Gasteiger partial charge on any atom is -0.462 e. The largest absolute Gasteiger partial charge is 0.462 e. The highest BCUT2D eigenvalue weighted by Crippen LogP contribution is 2.47. The zero-order chi connectivity index (χ0) is 23.7. The van der Waals surface area contributed by atoms with Crippen LogP contribution in [0.5, 0.6) is 0 Å². The molecule has 4 atom stereocenters. The van der Waals surface area contributed by atoms with Crippen LogP contribution >= 0.6 is 23.2 Å². The van der Waals surface area contributed by atoms with Crippen LogP contribution in [0.4, 0.5) is 0 Å². The Morgan fingerprint density at radius 3 is 2.48 bits per heavy atom. The summed E-state index contributed by atoms with van der Waals surface area (Å²) >= 11 is 12.5. The first kappa shape index (κ1) is 23.7. The molecule has 0 amide bonds. The van der Waals surface area contributed by atoms with E-state index in [0.29, 0.717) is 40.6 Å². The quantitative estimate of drug-likeness (QED) is 0.434. The van der Waals surface area contributed by atoms with Crippen LogP contribution < -0.4 is 0 Å². The second kappa shape index (κ2) is 9.82. The van der Waals surface area contributed by atoms with Gasteiger partial charge in [-0.2, -0.15) is 0 Å². The van der Waals surface area contributed by atoms with Gasteiger partial charge in [-0.3, -0.25) is 14.6 Å². The lowest BCUT2D eigenvalue weighted by molar-refractivity contribution is -0.151. The minimum atomic E-state index is -0.688. The molecule has 1 aliphatic carbocycles. The molecule has 4 nitrogen and oxygen atoms in total. The summed E-state index contributed by atoms with van der Waals surface area (Å²) in [7, 11) is 0. The molecule has 0 spiro atoms. The van der Waals surface area contributed by atoms with E-state index < -0.39 is 11.8 Å². The number of esters is 1. The molecule has 0 aromatic heterocycles. The first-order valence-electron chi connectivity index (χ1n) is 11.3. The monoisotopic (exact) mass is 483 g/mol. The van der Waals surface area contributed by atoms with Crippen LogP contribution in [0.15, 0.2) is 64.8 Å². The number of carbonyl (C=O) groups is 2. The van der Waals surface area contributed by atoms with Gasteiger partial charge in [0.2, 0.25) is 0 Å². The Bertz CT molecular complexity index is 1140. The molecule has 0 saturated heterocycles. The maximum Gasteiger partial charge on any atom is 0.315 e. The molecular formula is C27H27Cl2NO3. The van der Waals surface area contributed by atoms with Crippen LogP contribution in [0.25, 0.3) is 0 Å². The third-order valence-corrected chi connectivity index (χ3v) is 7.35. The molecule has 0 radical (unpaired) electrons.